The van der Waals surface area contributed by atoms with Crippen molar-refractivity contribution in [3.05, 3.63) is 0 Å². The summed E-state index contributed by atoms with van der Waals surface area (Å²) in [4.78, 5) is 0. The van der Waals surface area contributed by atoms with Crippen molar-refractivity contribution in [3.8, 4) is 0 Å². The van der Waals surface area contributed by atoms with Crippen LogP contribution in [0.2, 0.25) is 0 Å². The molecule has 78 valence electrons. The Kier molecular flexibility index (Phi) is 5.46. The molecule has 0 fully saturated rings. The Morgan fingerprint density at radius 2 is 1.31 bits per heavy atom. The molecule has 6 N–H and O–H groups in total. The molecule has 0 bridgehead atoms. The summed E-state index contributed by atoms with van der Waals surface area (Å²) in [6.45, 7) is -0.731. The predicted molar refractivity (Wildman–Crippen MR) is 45.7 cm³/mol. The lowest BCUT2D eigenvalue weighted by atomic mass is 9.88. The van der Waals surface area contributed by atoms with Crippen LogP contribution in [-0.4, -0.2) is 75.5 Å². The summed E-state index contributed by atoms with van der Waals surface area (Å²) in [5.41, 5.74) is 0. The summed E-state index contributed by atoms with van der Waals surface area (Å²) < 4.78 is 0. The van der Waals surface area contributed by atoms with Gasteiger partial charge in [-0.1, -0.05) is 0 Å². The second-order valence-corrected chi connectivity index (χ2v) is 2.96. The number of hydrogen-bond donors (Lipinski definition) is 6. The van der Waals surface area contributed by atoms with Gasteiger partial charge in [0, 0.05) is 6.00 Å². The van der Waals surface area contributed by atoms with E-state index < -0.39 is 37.0 Å². The Balaban J connectivity index is 4.15. The lowest BCUT2D eigenvalue weighted by Gasteiger charge is -2.27. The van der Waals surface area contributed by atoms with Gasteiger partial charge in [0.2, 0.25) is 0 Å². The van der Waals surface area contributed by atoms with Crippen LogP contribution in [0.15, 0.2) is 0 Å². The van der Waals surface area contributed by atoms with Crippen molar-refractivity contribution >= 4 is 7.85 Å². The van der Waals surface area contributed by atoms with E-state index in [0.717, 1.165) is 0 Å². The summed E-state index contributed by atoms with van der Waals surface area (Å²) in [5, 5.41) is 53.4. The van der Waals surface area contributed by atoms with E-state index in [1.807, 2.05) is 0 Å². The first kappa shape index (κ1) is 12.8. The van der Waals surface area contributed by atoms with Crippen LogP contribution in [0.5, 0.6) is 0 Å². The summed E-state index contributed by atoms with van der Waals surface area (Å²) in [7, 11) is 1.23. The van der Waals surface area contributed by atoms with Crippen molar-refractivity contribution < 1.29 is 30.6 Å². The first-order valence-electron chi connectivity index (χ1n) is 3.93. The number of rotatable bonds is 5. The monoisotopic (exact) mass is 194 g/mol. The maximum atomic E-state index is 9.13. The van der Waals surface area contributed by atoms with Gasteiger partial charge in [-0.15, -0.1) is 0 Å². The highest BCUT2D eigenvalue weighted by Crippen LogP contribution is 2.06. The zero-order valence-corrected chi connectivity index (χ0v) is 7.28. The van der Waals surface area contributed by atoms with Gasteiger partial charge in [0.05, 0.1) is 6.61 Å². The number of aliphatic hydroxyl groups is 6. The van der Waals surface area contributed by atoms with Crippen LogP contribution >= 0.6 is 0 Å². The van der Waals surface area contributed by atoms with Crippen LogP contribution in [0.25, 0.3) is 0 Å². The third-order valence-electron chi connectivity index (χ3n) is 1.78. The molecule has 7 heteroatoms. The molecule has 0 spiro atoms. The zero-order chi connectivity index (χ0) is 10.6. The van der Waals surface area contributed by atoms with Gasteiger partial charge in [-0.25, -0.2) is 0 Å². The molecule has 6 nitrogen and oxygen atoms in total. The molecule has 0 aliphatic carbocycles. The lowest BCUT2D eigenvalue weighted by molar-refractivity contribution is -0.129. The van der Waals surface area contributed by atoms with E-state index in [-0.39, 0.29) is 0 Å². The fourth-order valence-electron chi connectivity index (χ4n) is 0.823. The largest absolute Gasteiger partial charge is 0.399 e. The van der Waals surface area contributed by atoms with Gasteiger partial charge >= 0.3 is 0 Å². The summed E-state index contributed by atoms with van der Waals surface area (Å²) >= 11 is 0. The molecule has 0 aromatic carbocycles. The van der Waals surface area contributed by atoms with E-state index in [2.05, 4.69) is 0 Å². The molecule has 0 radical (unpaired) electrons. The third kappa shape index (κ3) is 3.59. The maximum Gasteiger partial charge on any atom is 0.142 e. The van der Waals surface area contributed by atoms with Crippen LogP contribution in [0.3, 0.4) is 0 Å². The highest BCUT2D eigenvalue weighted by molar-refractivity contribution is 6.11. The minimum atomic E-state index is -1.69. The molecule has 0 aliphatic rings. The molecule has 0 rings (SSSR count). The molecule has 1 unspecified atom stereocenters. The molecule has 0 aromatic rings. The normalized spacial score (nSPS) is 23.2. The first-order chi connectivity index (χ1) is 5.91. The molecule has 0 aromatic heterocycles. The summed E-state index contributed by atoms with van der Waals surface area (Å²) in [6.07, 6.45) is -6.48. The SMILES string of the molecule is BC(O)[C@@H](O)[C@@H](O)[C@H](O)[C@H](O)CO. The van der Waals surface area contributed by atoms with Crippen molar-refractivity contribution in [3.63, 3.8) is 0 Å². The van der Waals surface area contributed by atoms with E-state index in [1.54, 1.807) is 0 Å². The topological polar surface area (TPSA) is 121 Å². The first-order valence-corrected chi connectivity index (χ1v) is 3.93. The van der Waals surface area contributed by atoms with Crippen molar-refractivity contribution in [1.82, 2.24) is 0 Å². The fraction of sp³-hybridized carbons (Fsp3) is 1.00. The lowest BCUT2D eigenvalue weighted by Crippen LogP contribution is -2.50. The van der Waals surface area contributed by atoms with Crippen LogP contribution in [0.1, 0.15) is 0 Å². The molecule has 0 saturated heterocycles. The maximum absolute atomic E-state index is 9.13. The minimum Gasteiger partial charge on any atom is -0.399 e. The molecule has 0 heterocycles. The van der Waals surface area contributed by atoms with Crippen LogP contribution in [0.4, 0.5) is 0 Å². The predicted octanol–water partition coefficient (Wildman–Crippen LogP) is -4.63. The molecular formula is C6H15BO6. The molecule has 0 aliphatic heterocycles. The van der Waals surface area contributed by atoms with Crippen molar-refractivity contribution in [2.45, 2.75) is 30.4 Å². The molecule has 5 atom stereocenters. The van der Waals surface area contributed by atoms with Gasteiger partial charge in [0.1, 0.15) is 32.3 Å². The van der Waals surface area contributed by atoms with E-state index in [4.69, 9.17) is 30.6 Å². The Morgan fingerprint density at radius 1 is 0.846 bits per heavy atom. The zero-order valence-electron chi connectivity index (χ0n) is 7.28. The number of hydrogen-bond acceptors (Lipinski definition) is 6. The fourth-order valence-corrected chi connectivity index (χ4v) is 0.823. The van der Waals surface area contributed by atoms with Crippen molar-refractivity contribution in [1.29, 1.82) is 0 Å². The third-order valence-corrected chi connectivity index (χ3v) is 1.78. The average molecular weight is 194 g/mol. The smallest absolute Gasteiger partial charge is 0.142 e. The highest BCUT2D eigenvalue weighted by atomic mass is 16.4. The van der Waals surface area contributed by atoms with Crippen LogP contribution < -0.4 is 0 Å². The Bertz CT molecular complexity index is 143. The second-order valence-electron chi connectivity index (χ2n) is 2.96. The van der Waals surface area contributed by atoms with E-state index >= 15 is 0 Å². The van der Waals surface area contributed by atoms with Gasteiger partial charge in [0.15, 0.2) is 0 Å². The molecular weight excluding hydrogens is 179 g/mol. The highest BCUT2D eigenvalue weighted by Gasteiger charge is 2.31. The van der Waals surface area contributed by atoms with Crippen molar-refractivity contribution in [2.24, 2.45) is 0 Å². The summed E-state index contributed by atoms with van der Waals surface area (Å²) in [5.74, 6) is 0. The van der Waals surface area contributed by atoms with Crippen LogP contribution in [-0.2, 0) is 0 Å². The average Bonchev–Trinajstić information content (AvgIpc) is 2.12. The second kappa shape index (κ2) is 5.53. The van der Waals surface area contributed by atoms with E-state index in [1.165, 1.54) is 7.85 Å². The number of aliphatic hydroxyl groups excluding tert-OH is 6. The Morgan fingerprint density at radius 3 is 1.62 bits per heavy atom. The van der Waals surface area contributed by atoms with Gasteiger partial charge in [-0.05, 0) is 0 Å². The molecule has 0 amide bonds. The van der Waals surface area contributed by atoms with Crippen molar-refractivity contribution in [2.75, 3.05) is 6.61 Å². The van der Waals surface area contributed by atoms with Gasteiger partial charge in [0.25, 0.3) is 0 Å². The van der Waals surface area contributed by atoms with E-state index in [9.17, 15) is 0 Å². The minimum absolute atomic E-state index is 0.731. The standard InChI is InChI=1S/C6H15BO6/c7-6(13)5(12)4(11)3(10)2(9)1-8/h2-6,8-13H,1,7H2/t2-,3-,4+,5+,6?/m1/s1. The summed E-state index contributed by atoms with van der Waals surface area (Å²) in [6, 6.07) is -1.23. The van der Waals surface area contributed by atoms with Crippen LogP contribution in [0, 0.1) is 0 Å². The van der Waals surface area contributed by atoms with Gasteiger partial charge < -0.3 is 30.6 Å². The Hall–Kier alpha value is -0.175. The van der Waals surface area contributed by atoms with E-state index in [0.29, 0.717) is 0 Å². The quantitative estimate of drug-likeness (QED) is 0.245. The molecule has 13 heavy (non-hydrogen) atoms. The van der Waals surface area contributed by atoms with Gasteiger partial charge in [-0.2, -0.15) is 0 Å². The van der Waals surface area contributed by atoms with Gasteiger partial charge in [-0.3, -0.25) is 0 Å². The molecule has 0 saturated carbocycles. The Labute approximate surface area is 76.5 Å².